The number of nitrogens with zero attached hydrogens (tertiary/aromatic N) is 1. The molecule has 0 amide bonds. The summed E-state index contributed by atoms with van der Waals surface area (Å²) in [5.41, 5.74) is 1.07. The molecule has 2 aromatic rings. The van der Waals surface area contributed by atoms with E-state index < -0.39 is 5.41 Å². The third-order valence-corrected chi connectivity index (χ3v) is 4.88. The van der Waals surface area contributed by atoms with E-state index in [0.717, 1.165) is 11.1 Å². The molecule has 0 bridgehead atoms. The molecule has 0 aliphatic rings. The number of ketones is 1. The highest BCUT2D eigenvalue weighted by Crippen LogP contribution is 2.39. The minimum atomic E-state index is -0.757. The molecular formula is C21H26FNO. The monoisotopic (exact) mass is 327 g/mol. The van der Waals surface area contributed by atoms with Crippen LogP contribution in [0.25, 0.3) is 0 Å². The van der Waals surface area contributed by atoms with Gasteiger partial charge in [-0.3, -0.25) is 4.79 Å². The Morgan fingerprint density at radius 1 is 1.04 bits per heavy atom. The second-order valence-corrected chi connectivity index (χ2v) is 6.57. The topological polar surface area (TPSA) is 20.3 Å². The summed E-state index contributed by atoms with van der Waals surface area (Å²) in [6.07, 6.45) is 1.09. The van der Waals surface area contributed by atoms with Gasteiger partial charge in [-0.1, -0.05) is 49.4 Å². The van der Waals surface area contributed by atoms with Gasteiger partial charge in [0.1, 0.15) is 11.6 Å². The fourth-order valence-electron chi connectivity index (χ4n) is 3.22. The van der Waals surface area contributed by atoms with Gasteiger partial charge >= 0.3 is 0 Å². The standard InChI is InChI=1S/C21H26FNO/c1-5-20(24)21(15-16(2)23(3)4,17-9-7-6-8-10-17)18-11-13-19(22)14-12-18/h6-14,16H,5,15H2,1-4H3/t16-,21?/m1/s1. The van der Waals surface area contributed by atoms with Crippen molar-refractivity contribution in [3.05, 3.63) is 71.5 Å². The van der Waals surface area contributed by atoms with Crippen LogP contribution in [0.4, 0.5) is 4.39 Å². The van der Waals surface area contributed by atoms with Crippen molar-refractivity contribution >= 4 is 5.78 Å². The highest BCUT2D eigenvalue weighted by molar-refractivity contribution is 5.93. The van der Waals surface area contributed by atoms with Crippen LogP contribution < -0.4 is 0 Å². The van der Waals surface area contributed by atoms with Gasteiger partial charge in [-0.2, -0.15) is 0 Å². The van der Waals surface area contributed by atoms with E-state index in [0.29, 0.717) is 12.8 Å². The predicted molar refractivity (Wildman–Crippen MR) is 96.7 cm³/mol. The zero-order valence-electron chi connectivity index (χ0n) is 14.9. The molecule has 0 aromatic heterocycles. The van der Waals surface area contributed by atoms with Crippen molar-refractivity contribution in [2.24, 2.45) is 0 Å². The third-order valence-electron chi connectivity index (χ3n) is 4.88. The lowest BCUT2D eigenvalue weighted by atomic mass is 9.67. The molecule has 3 heteroatoms. The number of hydrogen-bond acceptors (Lipinski definition) is 2. The molecule has 0 saturated heterocycles. The Hall–Kier alpha value is -2.00. The molecule has 0 saturated carbocycles. The molecule has 24 heavy (non-hydrogen) atoms. The minimum Gasteiger partial charge on any atom is -0.307 e. The molecule has 0 N–H and O–H groups in total. The first-order valence-electron chi connectivity index (χ1n) is 8.43. The fourth-order valence-corrected chi connectivity index (χ4v) is 3.22. The van der Waals surface area contributed by atoms with Crippen molar-refractivity contribution in [3.63, 3.8) is 0 Å². The predicted octanol–water partition coefficient (Wildman–Crippen LogP) is 4.43. The second kappa shape index (κ2) is 7.71. The molecule has 1 unspecified atom stereocenters. The molecule has 0 aliphatic carbocycles. The van der Waals surface area contributed by atoms with Gasteiger partial charge in [-0.15, -0.1) is 0 Å². The molecule has 128 valence electrons. The third kappa shape index (κ3) is 3.57. The largest absolute Gasteiger partial charge is 0.307 e. The van der Waals surface area contributed by atoms with E-state index in [1.54, 1.807) is 12.1 Å². The molecule has 0 fully saturated rings. The lowest BCUT2D eigenvalue weighted by Gasteiger charge is -2.37. The lowest BCUT2D eigenvalue weighted by Crippen LogP contribution is -2.43. The van der Waals surface area contributed by atoms with Gasteiger partial charge in [0, 0.05) is 12.5 Å². The zero-order valence-corrected chi connectivity index (χ0v) is 14.9. The van der Waals surface area contributed by atoms with E-state index in [1.807, 2.05) is 51.4 Å². The Morgan fingerprint density at radius 3 is 2.08 bits per heavy atom. The molecule has 0 radical (unpaired) electrons. The van der Waals surface area contributed by atoms with E-state index in [-0.39, 0.29) is 17.6 Å². The number of rotatable bonds is 7. The van der Waals surface area contributed by atoms with Crippen LogP contribution in [-0.4, -0.2) is 30.8 Å². The summed E-state index contributed by atoms with van der Waals surface area (Å²) in [5.74, 6) is -0.126. The van der Waals surface area contributed by atoms with Crippen LogP contribution in [0.5, 0.6) is 0 Å². The van der Waals surface area contributed by atoms with Crippen LogP contribution in [0.2, 0.25) is 0 Å². The maximum absolute atomic E-state index is 13.5. The Balaban J connectivity index is 2.68. The quantitative estimate of drug-likeness (QED) is 0.750. The molecule has 2 aromatic carbocycles. The van der Waals surface area contributed by atoms with Gasteiger partial charge < -0.3 is 4.90 Å². The number of benzene rings is 2. The number of carbonyl (C=O) groups is 1. The first-order chi connectivity index (χ1) is 11.4. The van der Waals surface area contributed by atoms with Gasteiger partial charge in [0.25, 0.3) is 0 Å². The molecule has 2 atom stereocenters. The summed E-state index contributed by atoms with van der Waals surface area (Å²) in [7, 11) is 4.03. The Morgan fingerprint density at radius 2 is 1.58 bits per heavy atom. The number of halogens is 1. The fraction of sp³-hybridized carbons (Fsp3) is 0.381. The normalized spacial score (nSPS) is 15.1. The molecule has 2 rings (SSSR count). The van der Waals surface area contributed by atoms with Crippen molar-refractivity contribution in [1.82, 2.24) is 4.90 Å². The molecule has 0 spiro atoms. The van der Waals surface area contributed by atoms with Crippen molar-refractivity contribution in [1.29, 1.82) is 0 Å². The van der Waals surface area contributed by atoms with Crippen molar-refractivity contribution < 1.29 is 9.18 Å². The summed E-state index contributed by atoms with van der Waals surface area (Å²) < 4.78 is 13.5. The maximum atomic E-state index is 13.5. The average Bonchev–Trinajstić information content (AvgIpc) is 2.60. The van der Waals surface area contributed by atoms with Gasteiger partial charge in [0.2, 0.25) is 0 Å². The Bertz CT molecular complexity index is 666. The smallest absolute Gasteiger partial charge is 0.147 e. The van der Waals surface area contributed by atoms with E-state index in [2.05, 4.69) is 11.8 Å². The van der Waals surface area contributed by atoms with Gasteiger partial charge in [0.05, 0.1) is 5.41 Å². The van der Waals surface area contributed by atoms with Crippen LogP contribution >= 0.6 is 0 Å². The molecule has 0 heterocycles. The summed E-state index contributed by atoms with van der Waals surface area (Å²) in [4.78, 5) is 15.3. The number of carbonyl (C=O) groups excluding carboxylic acids is 1. The van der Waals surface area contributed by atoms with Gasteiger partial charge in [-0.05, 0) is 50.7 Å². The second-order valence-electron chi connectivity index (χ2n) is 6.57. The van der Waals surface area contributed by atoms with Crippen LogP contribution in [0.1, 0.15) is 37.8 Å². The van der Waals surface area contributed by atoms with Crippen LogP contribution in [0, 0.1) is 5.82 Å². The van der Waals surface area contributed by atoms with Gasteiger partial charge in [-0.25, -0.2) is 4.39 Å². The highest BCUT2D eigenvalue weighted by atomic mass is 19.1. The van der Waals surface area contributed by atoms with E-state index in [1.165, 1.54) is 12.1 Å². The molecular weight excluding hydrogens is 301 g/mol. The van der Waals surface area contributed by atoms with Crippen LogP contribution in [0.3, 0.4) is 0 Å². The van der Waals surface area contributed by atoms with Crippen molar-refractivity contribution in [2.45, 2.75) is 38.1 Å². The van der Waals surface area contributed by atoms with Crippen LogP contribution in [-0.2, 0) is 10.2 Å². The summed E-state index contributed by atoms with van der Waals surface area (Å²) in [6, 6.07) is 16.4. The molecule has 2 nitrogen and oxygen atoms in total. The Labute approximate surface area is 144 Å². The number of hydrogen-bond donors (Lipinski definition) is 0. The SMILES string of the molecule is CCC(=O)C(C[C@@H](C)N(C)C)(c1ccccc1)c1ccc(F)cc1. The first kappa shape index (κ1) is 18.3. The number of Topliss-reactive ketones (excluding diaryl/α,β-unsaturated/α-hetero) is 1. The van der Waals surface area contributed by atoms with E-state index in [9.17, 15) is 9.18 Å². The summed E-state index contributed by atoms with van der Waals surface area (Å²) in [6.45, 7) is 4.01. The lowest BCUT2D eigenvalue weighted by molar-refractivity contribution is -0.123. The summed E-state index contributed by atoms with van der Waals surface area (Å²) in [5, 5.41) is 0. The van der Waals surface area contributed by atoms with Crippen molar-refractivity contribution in [2.75, 3.05) is 14.1 Å². The summed E-state index contributed by atoms with van der Waals surface area (Å²) >= 11 is 0. The Kier molecular flexibility index (Phi) is 5.89. The average molecular weight is 327 g/mol. The molecule has 0 aliphatic heterocycles. The van der Waals surface area contributed by atoms with Crippen LogP contribution in [0.15, 0.2) is 54.6 Å². The maximum Gasteiger partial charge on any atom is 0.147 e. The van der Waals surface area contributed by atoms with Gasteiger partial charge in [0.15, 0.2) is 0 Å². The van der Waals surface area contributed by atoms with E-state index in [4.69, 9.17) is 0 Å². The first-order valence-corrected chi connectivity index (χ1v) is 8.43. The van der Waals surface area contributed by atoms with E-state index >= 15 is 0 Å². The highest BCUT2D eigenvalue weighted by Gasteiger charge is 2.41. The zero-order chi connectivity index (χ0) is 17.7. The minimum absolute atomic E-state index is 0.161. The van der Waals surface area contributed by atoms with Crippen molar-refractivity contribution in [3.8, 4) is 0 Å².